The molecule has 2 rings (SSSR count). The van der Waals surface area contributed by atoms with Gasteiger partial charge in [-0.25, -0.2) is 4.98 Å². The quantitative estimate of drug-likeness (QED) is 0.724. The highest BCUT2D eigenvalue weighted by atomic mass is 16.5. The van der Waals surface area contributed by atoms with Crippen molar-refractivity contribution in [1.82, 2.24) is 9.97 Å². The molecule has 0 spiro atoms. The maximum absolute atomic E-state index is 5.62. The first-order chi connectivity index (χ1) is 9.88. The lowest BCUT2D eigenvalue weighted by atomic mass is 10.3. The highest BCUT2D eigenvalue weighted by Crippen LogP contribution is 2.09. The average molecular weight is 272 g/mol. The van der Waals surface area contributed by atoms with Gasteiger partial charge in [0.05, 0.1) is 6.61 Å². The number of nitrogens with one attached hydrogen (secondary N) is 2. The van der Waals surface area contributed by atoms with Crippen molar-refractivity contribution in [3.05, 3.63) is 42.6 Å². The molecule has 0 aliphatic carbocycles. The van der Waals surface area contributed by atoms with Gasteiger partial charge in [0.1, 0.15) is 11.6 Å². The molecule has 1 aromatic heterocycles. The largest absolute Gasteiger partial charge is 0.494 e. The van der Waals surface area contributed by atoms with Crippen LogP contribution in [-0.2, 0) is 0 Å². The molecular formula is C15H20N4O. The number of ether oxygens (including phenoxy) is 1. The molecule has 0 radical (unpaired) electrons. The topological polar surface area (TPSA) is 59.1 Å². The molecular weight excluding hydrogens is 252 g/mol. The van der Waals surface area contributed by atoms with E-state index >= 15 is 0 Å². The molecule has 20 heavy (non-hydrogen) atoms. The predicted molar refractivity (Wildman–Crippen MR) is 81.2 cm³/mol. The van der Waals surface area contributed by atoms with Gasteiger partial charge in [0.25, 0.3) is 0 Å². The Labute approximate surface area is 119 Å². The van der Waals surface area contributed by atoms with Crippen LogP contribution in [0.15, 0.2) is 42.6 Å². The monoisotopic (exact) mass is 272 g/mol. The third-order valence-electron chi connectivity index (χ3n) is 2.63. The lowest BCUT2D eigenvalue weighted by Gasteiger charge is -2.08. The predicted octanol–water partition coefficient (Wildman–Crippen LogP) is 2.79. The van der Waals surface area contributed by atoms with Crippen molar-refractivity contribution in [3.63, 3.8) is 0 Å². The van der Waals surface area contributed by atoms with Gasteiger partial charge in [-0.1, -0.05) is 18.2 Å². The molecule has 0 bridgehead atoms. The zero-order valence-electron chi connectivity index (χ0n) is 11.7. The average Bonchev–Trinajstić information content (AvgIpc) is 2.49. The SMILES string of the molecule is CCNc1nccc(NCCCOc2ccccc2)n1. The van der Waals surface area contributed by atoms with Crippen molar-refractivity contribution in [2.75, 3.05) is 30.3 Å². The molecule has 2 N–H and O–H groups in total. The van der Waals surface area contributed by atoms with Gasteiger partial charge in [-0.15, -0.1) is 0 Å². The van der Waals surface area contributed by atoms with Gasteiger partial charge in [0.15, 0.2) is 0 Å². The van der Waals surface area contributed by atoms with Gasteiger partial charge in [-0.2, -0.15) is 4.98 Å². The van der Waals surface area contributed by atoms with E-state index < -0.39 is 0 Å². The lowest BCUT2D eigenvalue weighted by molar-refractivity contribution is 0.315. The summed E-state index contributed by atoms with van der Waals surface area (Å²) >= 11 is 0. The van der Waals surface area contributed by atoms with E-state index in [-0.39, 0.29) is 0 Å². The van der Waals surface area contributed by atoms with Gasteiger partial charge in [0.2, 0.25) is 5.95 Å². The Hall–Kier alpha value is -2.30. The third kappa shape index (κ3) is 4.76. The van der Waals surface area contributed by atoms with E-state index in [1.165, 1.54) is 0 Å². The Morgan fingerprint density at radius 3 is 2.75 bits per heavy atom. The molecule has 0 fully saturated rings. The van der Waals surface area contributed by atoms with Crippen LogP contribution in [0.2, 0.25) is 0 Å². The molecule has 0 aliphatic rings. The first-order valence-electron chi connectivity index (χ1n) is 6.87. The molecule has 106 valence electrons. The van der Waals surface area contributed by atoms with Crippen LogP contribution in [0.4, 0.5) is 11.8 Å². The number of hydrogen-bond donors (Lipinski definition) is 2. The minimum absolute atomic E-state index is 0.651. The van der Waals surface area contributed by atoms with Gasteiger partial charge < -0.3 is 15.4 Å². The van der Waals surface area contributed by atoms with E-state index in [2.05, 4.69) is 20.6 Å². The maximum Gasteiger partial charge on any atom is 0.224 e. The summed E-state index contributed by atoms with van der Waals surface area (Å²) in [6.07, 6.45) is 2.66. The molecule has 2 aromatic rings. The van der Waals surface area contributed by atoms with Crippen molar-refractivity contribution < 1.29 is 4.74 Å². The van der Waals surface area contributed by atoms with Crippen LogP contribution >= 0.6 is 0 Å². The van der Waals surface area contributed by atoms with Gasteiger partial charge in [-0.3, -0.25) is 0 Å². The second-order valence-electron chi connectivity index (χ2n) is 4.24. The van der Waals surface area contributed by atoms with Crippen LogP contribution < -0.4 is 15.4 Å². The fraction of sp³-hybridized carbons (Fsp3) is 0.333. The second-order valence-corrected chi connectivity index (χ2v) is 4.24. The van der Waals surface area contributed by atoms with Crippen LogP contribution in [0.3, 0.4) is 0 Å². The summed E-state index contributed by atoms with van der Waals surface area (Å²) in [7, 11) is 0. The van der Waals surface area contributed by atoms with Gasteiger partial charge in [-0.05, 0) is 31.5 Å². The lowest BCUT2D eigenvalue weighted by Crippen LogP contribution is -2.09. The summed E-state index contributed by atoms with van der Waals surface area (Å²) in [4.78, 5) is 8.47. The van der Waals surface area contributed by atoms with E-state index in [4.69, 9.17) is 4.74 Å². The molecule has 0 saturated heterocycles. The van der Waals surface area contributed by atoms with Crippen molar-refractivity contribution in [2.45, 2.75) is 13.3 Å². The Morgan fingerprint density at radius 1 is 1.10 bits per heavy atom. The van der Waals surface area contributed by atoms with E-state index in [0.29, 0.717) is 12.6 Å². The molecule has 0 amide bonds. The second kappa shape index (κ2) is 7.99. The summed E-state index contributed by atoms with van der Waals surface area (Å²) in [5.41, 5.74) is 0. The number of rotatable bonds is 8. The zero-order chi connectivity index (χ0) is 14.0. The van der Waals surface area contributed by atoms with Crippen molar-refractivity contribution in [2.24, 2.45) is 0 Å². The van der Waals surface area contributed by atoms with Crippen molar-refractivity contribution >= 4 is 11.8 Å². The van der Waals surface area contributed by atoms with Crippen molar-refractivity contribution in [1.29, 1.82) is 0 Å². The van der Waals surface area contributed by atoms with Crippen LogP contribution in [0.5, 0.6) is 5.75 Å². The van der Waals surface area contributed by atoms with Crippen LogP contribution in [0, 0.1) is 0 Å². The summed E-state index contributed by atoms with van der Waals surface area (Å²) in [6, 6.07) is 11.7. The van der Waals surface area contributed by atoms with E-state index in [0.717, 1.165) is 31.1 Å². The fourth-order valence-corrected chi connectivity index (χ4v) is 1.70. The standard InChI is InChI=1S/C15H20N4O/c1-2-16-15-18-11-9-14(19-15)17-10-6-12-20-13-7-4-3-5-8-13/h3-5,7-9,11H,2,6,10,12H2,1H3,(H2,16,17,18,19). The highest BCUT2D eigenvalue weighted by molar-refractivity contribution is 5.39. The Kier molecular flexibility index (Phi) is 5.64. The number of nitrogens with zero attached hydrogens (tertiary/aromatic N) is 2. The molecule has 5 heteroatoms. The third-order valence-corrected chi connectivity index (χ3v) is 2.63. The summed E-state index contributed by atoms with van der Waals surface area (Å²) in [5.74, 6) is 2.39. The minimum atomic E-state index is 0.651. The zero-order valence-corrected chi connectivity index (χ0v) is 11.7. The highest BCUT2D eigenvalue weighted by Gasteiger charge is 1.97. The Balaban J connectivity index is 1.67. The smallest absolute Gasteiger partial charge is 0.224 e. The van der Waals surface area contributed by atoms with E-state index in [1.807, 2.05) is 43.3 Å². The maximum atomic E-state index is 5.62. The van der Waals surface area contributed by atoms with Gasteiger partial charge >= 0.3 is 0 Å². The summed E-state index contributed by atoms with van der Waals surface area (Å²) in [5, 5.41) is 6.34. The number of para-hydroxylation sites is 1. The number of hydrogen-bond acceptors (Lipinski definition) is 5. The first-order valence-corrected chi connectivity index (χ1v) is 6.87. The van der Waals surface area contributed by atoms with Crippen LogP contribution in [-0.4, -0.2) is 29.7 Å². The van der Waals surface area contributed by atoms with Crippen LogP contribution in [0.25, 0.3) is 0 Å². The molecule has 1 aromatic carbocycles. The molecule has 5 nitrogen and oxygen atoms in total. The number of aromatic nitrogens is 2. The first kappa shape index (κ1) is 14.1. The van der Waals surface area contributed by atoms with E-state index in [1.54, 1.807) is 6.20 Å². The molecule has 0 saturated carbocycles. The van der Waals surface area contributed by atoms with E-state index in [9.17, 15) is 0 Å². The molecule has 0 atom stereocenters. The Morgan fingerprint density at radius 2 is 1.95 bits per heavy atom. The summed E-state index contributed by atoms with van der Waals surface area (Å²) in [6.45, 7) is 4.33. The molecule has 0 aliphatic heterocycles. The normalized spacial score (nSPS) is 10.1. The number of benzene rings is 1. The number of anilines is 2. The van der Waals surface area contributed by atoms with Gasteiger partial charge in [0, 0.05) is 19.3 Å². The molecule has 1 heterocycles. The van der Waals surface area contributed by atoms with Crippen molar-refractivity contribution in [3.8, 4) is 5.75 Å². The Bertz CT molecular complexity index is 504. The minimum Gasteiger partial charge on any atom is -0.494 e. The molecule has 0 unspecified atom stereocenters. The van der Waals surface area contributed by atoms with Crippen LogP contribution in [0.1, 0.15) is 13.3 Å². The fourth-order valence-electron chi connectivity index (χ4n) is 1.70. The summed E-state index contributed by atoms with van der Waals surface area (Å²) < 4.78 is 5.62.